The first-order chi connectivity index (χ1) is 9.54. The van der Waals surface area contributed by atoms with E-state index in [0.29, 0.717) is 22.9 Å². The maximum Gasteiger partial charge on any atom is 0.287 e. The maximum atomic E-state index is 11.9. The Morgan fingerprint density at radius 3 is 3.00 bits per heavy atom. The van der Waals surface area contributed by atoms with Crippen LogP contribution >= 0.6 is 15.9 Å². The fraction of sp³-hybridized carbons (Fsp3) is 0.643. The van der Waals surface area contributed by atoms with E-state index in [1.165, 1.54) is 0 Å². The molecule has 1 aromatic rings. The number of carbonyl (C=O) groups is 1. The predicted octanol–water partition coefficient (Wildman–Crippen LogP) is 2.13. The van der Waals surface area contributed by atoms with E-state index < -0.39 is 0 Å². The lowest BCUT2D eigenvalue weighted by Gasteiger charge is -2.33. The topological polar surface area (TPSA) is 54.7 Å². The van der Waals surface area contributed by atoms with Crippen LogP contribution in [0.5, 0.6) is 0 Å². The highest BCUT2D eigenvalue weighted by Gasteiger charge is 2.22. The highest BCUT2D eigenvalue weighted by Crippen LogP contribution is 2.14. The highest BCUT2D eigenvalue weighted by atomic mass is 79.9. The van der Waals surface area contributed by atoms with E-state index in [-0.39, 0.29) is 12.0 Å². The molecule has 1 aromatic heterocycles. The van der Waals surface area contributed by atoms with Gasteiger partial charge in [0.25, 0.3) is 5.91 Å². The van der Waals surface area contributed by atoms with Gasteiger partial charge >= 0.3 is 0 Å². The van der Waals surface area contributed by atoms with Crippen molar-refractivity contribution in [1.29, 1.82) is 0 Å². The minimum Gasteiger partial charge on any atom is -0.444 e. The summed E-state index contributed by atoms with van der Waals surface area (Å²) < 4.78 is 11.5. The normalized spacial score (nSPS) is 20.3. The largest absolute Gasteiger partial charge is 0.444 e. The fourth-order valence-corrected chi connectivity index (χ4v) is 2.62. The second-order valence-electron chi connectivity index (χ2n) is 5.46. The number of hydrogen-bond acceptors (Lipinski definition) is 4. The van der Waals surface area contributed by atoms with Gasteiger partial charge in [0.05, 0.1) is 12.7 Å². The Balaban J connectivity index is 1.77. The van der Waals surface area contributed by atoms with E-state index >= 15 is 0 Å². The number of morpholine rings is 1. The molecule has 0 aromatic carbocycles. The van der Waals surface area contributed by atoms with Crippen LogP contribution in [-0.4, -0.2) is 49.7 Å². The van der Waals surface area contributed by atoms with Crippen molar-refractivity contribution in [1.82, 2.24) is 10.2 Å². The van der Waals surface area contributed by atoms with Gasteiger partial charge < -0.3 is 14.5 Å². The fourth-order valence-electron chi connectivity index (χ4n) is 2.32. The predicted molar refractivity (Wildman–Crippen MR) is 79.8 cm³/mol. The minimum atomic E-state index is -0.208. The smallest absolute Gasteiger partial charge is 0.287 e. The van der Waals surface area contributed by atoms with E-state index in [2.05, 4.69) is 40.0 Å². The number of rotatable bonds is 5. The highest BCUT2D eigenvalue weighted by molar-refractivity contribution is 9.10. The molecule has 0 radical (unpaired) electrons. The van der Waals surface area contributed by atoms with Crippen molar-refractivity contribution < 1.29 is 13.9 Å². The van der Waals surface area contributed by atoms with Crippen molar-refractivity contribution in [3.05, 3.63) is 22.6 Å². The molecular formula is C14H21BrN2O3. The van der Waals surface area contributed by atoms with Crippen LogP contribution in [0.25, 0.3) is 0 Å². The van der Waals surface area contributed by atoms with Crippen molar-refractivity contribution in [2.75, 3.05) is 32.8 Å². The lowest BCUT2D eigenvalue weighted by molar-refractivity contribution is -0.0296. The Labute approximate surface area is 127 Å². The molecule has 0 spiro atoms. The Bertz CT molecular complexity index is 447. The summed E-state index contributed by atoms with van der Waals surface area (Å²) in [6.07, 6.45) is 0.0462. The van der Waals surface area contributed by atoms with Gasteiger partial charge in [0.2, 0.25) is 0 Å². The van der Waals surface area contributed by atoms with E-state index in [1.54, 1.807) is 12.1 Å². The number of furan rings is 1. The van der Waals surface area contributed by atoms with Gasteiger partial charge in [-0.2, -0.15) is 0 Å². The van der Waals surface area contributed by atoms with E-state index in [0.717, 1.165) is 26.2 Å². The summed E-state index contributed by atoms with van der Waals surface area (Å²) in [6.45, 7) is 8.54. The monoisotopic (exact) mass is 344 g/mol. The third kappa shape index (κ3) is 4.61. The first kappa shape index (κ1) is 15.5. The average Bonchev–Trinajstić information content (AvgIpc) is 2.82. The van der Waals surface area contributed by atoms with Crippen molar-refractivity contribution >= 4 is 21.8 Å². The molecule has 20 heavy (non-hydrogen) atoms. The summed E-state index contributed by atoms with van der Waals surface area (Å²) in [4.78, 5) is 14.2. The number of nitrogens with one attached hydrogen (secondary N) is 1. The van der Waals surface area contributed by atoms with Crippen LogP contribution in [0.15, 0.2) is 21.2 Å². The molecular weight excluding hydrogens is 324 g/mol. The average molecular weight is 345 g/mol. The second-order valence-corrected chi connectivity index (χ2v) is 6.24. The first-order valence-corrected chi connectivity index (χ1v) is 7.71. The van der Waals surface area contributed by atoms with Gasteiger partial charge in [-0.1, -0.05) is 13.8 Å². The number of carbonyl (C=O) groups excluding carboxylic acids is 1. The molecule has 2 heterocycles. The third-order valence-corrected chi connectivity index (χ3v) is 3.56. The zero-order valence-electron chi connectivity index (χ0n) is 11.9. The molecule has 0 bridgehead atoms. The molecule has 1 aliphatic rings. The van der Waals surface area contributed by atoms with Gasteiger partial charge in [0, 0.05) is 26.2 Å². The zero-order valence-corrected chi connectivity index (χ0v) is 13.5. The van der Waals surface area contributed by atoms with Crippen LogP contribution < -0.4 is 5.32 Å². The van der Waals surface area contributed by atoms with Crippen molar-refractivity contribution in [2.45, 2.75) is 20.0 Å². The molecule has 1 saturated heterocycles. The molecule has 1 N–H and O–H groups in total. The molecule has 1 fully saturated rings. The van der Waals surface area contributed by atoms with Gasteiger partial charge in [0.15, 0.2) is 10.4 Å². The molecule has 0 saturated carbocycles. The Morgan fingerprint density at radius 2 is 2.35 bits per heavy atom. The van der Waals surface area contributed by atoms with Gasteiger partial charge in [-0.15, -0.1) is 0 Å². The van der Waals surface area contributed by atoms with E-state index in [9.17, 15) is 4.79 Å². The Morgan fingerprint density at radius 1 is 1.55 bits per heavy atom. The van der Waals surface area contributed by atoms with Gasteiger partial charge in [-0.3, -0.25) is 9.69 Å². The zero-order chi connectivity index (χ0) is 14.5. The maximum absolute atomic E-state index is 11.9. The molecule has 1 unspecified atom stereocenters. The van der Waals surface area contributed by atoms with Crippen LogP contribution in [0.3, 0.4) is 0 Å². The number of amides is 1. The lowest BCUT2D eigenvalue weighted by atomic mass is 10.2. The molecule has 2 rings (SSSR count). The van der Waals surface area contributed by atoms with Crippen LogP contribution in [0.1, 0.15) is 24.4 Å². The summed E-state index contributed by atoms with van der Waals surface area (Å²) in [5, 5.41) is 2.85. The number of halogens is 1. The number of nitrogens with zero attached hydrogens (tertiary/aromatic N) is 1. The molecule has 1 amide bonds. The van der Waals surface area contributed by atoms with Gasteiger partial charge in [-0.05, 0) is 34.0 Å². The molecule has 112 valence electrons. The van der Waals surface area contributed by atoms with Crippen molar-refractivity contribution in [2.24, 2.45) is 5.92 Å². The number of ether oxygens (including phenoxy) is 1. The summed E-state index contributed by atoms with van der Waals surface area (Å²) in [6, 6.07) is 3.35. The van der Waals surface area contributed by atoms with Crippen molar-refractivity contribution in [3.63, 3.8) is 0 Å². The molecule has 6 heteroatoms. The number of hydrogen-bond donors (Lipinski definition) is 1. The van der Waals surface area contributed by atoms with Gasteiger partial charge in [-0.25, -0.2) is 0 Å². The summed E-state index contributed by atoms with van der Waals surface area (Å²) >= 11 is 3.18. The summed E-state index contributed by atoms with van der Waals surface area (Å²) in [5.74, 6) is 0.746. The molecule has 1 atom stereocenters. The quantitative estimate of drug-likeness (QED) is 0.888. The van der Waals surface area contributed by atoms with E-state index in [4.69, 9.17) is 9.15 Å². The minimum absolute atomic E-state index is 0.0462. The lowest BCUT2D eigenvalue weighted by Crippen LogP contribution is -2.48. The van der Waals surface area contributed by atoms with Crippen molar-refractivity contribution in [3.8, 4) is 0 Å². The molecule has 5 nitrogen and oxygen atoms in total. The van der Waals surface area contributed by atoms with Gasteiger partial charge in [0.1, 0.15) is 0 Å². The molecule has 1 aliphatic heterocycles. The van der Waals surface area contributed by atoms with Crippen LogP contribution in [0.4, 0.5) is 0 Å². The van der Waals surface area contributed by atoms with Crippen LogP contribution in [0.2, 0.25) is 0 Å². The Hall–Kier alpha value is -0.850. The molecule has 0 aliphatic carbocycles. The van der Waals surface area contributed by atoms with Crippen LogP contribution in [-0.2, 0) is 4.74 Å². The Kier molecular flexibility index (Phi) is 5.63. The first-order valence-electron chi connectivity index (χ1n) is 6.92. The second kappa shape index (κ2) is 7.24. The van der Waals surface area contributed by atoms with Crippen LogP contribution in [0, 0.1) is 5.92 Å². The summed E-state index contributed by atoms with van der Waals surface area (Å²) in [5.41, 5.74) is 0. The summed E-state index contributed by atoms with van der Waals surface area (Å²) in [7, 11) is 0. The SMILES string of the molecule is CC(C)CN1CCOC(CNC(=O)c2ccc(Br)o2)C1. The third-order valence-electron chi connectivity index (χ3n) is 3.13. The standard InChI is InChI=1S/C14H21BrN2O3/c1-10(2)8-17-5-6-19-11(9-17)7-16-14(18)12-3-4-13(15)20-12/h3-4,10-11H,5-9H2,1-2H3,(H,16,18). The van der Waals surface area contributed by atoms with E-state index in [1.807, 2.05) is 0 Å².